The van der Waals surface area contributed by atoms with E-state index in [9.17, 15) is 9.18 Å². The molecule has 0 radical (unpaired) electrons. The highest BCUT2D eigenvalue weighted by molar-refractivity contribution is 9.10. The molecule has 0 saturated carbocycles. The van der Waals surface area contributed by atoms with Crippen LogP contribution in [-0.4, -0.2) is 11.0 Å². The first-order valence-corrected chi connectivity index (χ1v) is 6.36. The standard InChI is InChI=1S/C14H11BrFNO2/c15-10-5-6-12(16)11(7-10)14(19)17-13-4-2-1-3-9(13)8-18/h1-7,18H,8H2,(H,17,19). The zero-order valence-corrected chi connectivity index (χ0v) is 11.4. The molecule has 2 aromatic carbocycles. The molecule has 0 fully saturated rings. The molecule has 0 spiro atoms. The minimum absolute atomic E-state index is 0.0536. The molecule has 1 amide bonds. The number of nitrogens with one attached hydrogen (secondary N) is 1. The van der Waals surface area contributed by atoms with Gasteiger partial charge in [-0.05, 0) is 24.3 Å². The summed E-state index contributed by atoms with van der Waals surface area (Å²) >= 11 is 3.19. The van der Waals surface area contributed by atoms with Gasteiger partial charge < -0.3 is 10.4 Å². The Balaban J connectivity index is 2.28. The smallest absolute Gasteiger partial charge is 0.258 e. The topological polar surface area (TPSA) is 49.3 Å². The van der Waals surface area contributed by atoms with Gasteiger partial charge in [0.15, 0.2) is 0 Å². The molecule has 0 atom stereocenters. The van der Waals surface area contributed by atoms with Gasteiger partial charge in [0.05, 0.1) is 12.2 Å². The lowest BCUT2D eigenvalue weighted by atomic mass is 10.1. The molecule has 0 unspecified atom stereocenters. The molecule has 0 aromatic heterocycles. The monoisotopic (exact) mass is 323 g/mol. The van der Waals surface area contributed by atoms with Crippen LogP contribution in [-0.2, 0) is 6.61 Å². The third kappa shape index (κ3) is 3.19. The summed E-state index contributed by atoms with van der Waals surface area (Å²) < 4.78 is 14.2. The lowest BCUT2D eigenvalue weighted by molar-refractivity contribution is 0.102. The van der Waals surface area contributed by atoms with Crippen molar-refractivity contribution in [3.8, 4) is 0 Å². The van der Waals surface area contributed by atoms with Crippen LogP contribution in [0.3, 0.4) is 0 Å². The van der Waals surface area contributed by atoms with Gasteiger partial charge in [0.25, 0.3) is 5.91 Å². The Morgan fingerprint density at radius 3 is 2.74 bits per heavy atom. The number of hydrogen-bond acceptors (Lipinski definition) is 2. The Morgan fingerprint density at radius 2 is 2.00 bits per heavy atom. The van der Waals surface area contributed by atoms with Crippen LogP contribution < -0.4 is 5.32 Å². The lowest BCUT2D eigenvalue weighted by Gasteiger charge is -2.10. The highest BCUT2D eigenvalue weighted by Crippen LogP contribution is 2.19. The number of aliphatic hydroxyl groups is 1. The number of amides is 1. The van der Waals surface area contributed by atoms with E-state index in [-0.39, 0.29) is 12.2 Å². The number of hydrogen-bond donors (Lipinski definition) is 2. The van der Waals surface area contributed by atoms with Crippen molar-refractivity contribution in [2.24, 2.45) is 0 Å². The van der Waals surface area contributed by atoms with Gasteiger partial charge in [-0.15, -0.1) is 0 Å². The number of anilines is 1. The fourth-order valence-corrected chi connectivity index (χ4v) is 2.00. The number of benzene rings is 2. The molecule has 98 valence electrons. The number of aliphatic hydroxyl groups excluding tert-OH is 1. The van der Waals surface area contributed by atoms with Crippen molar-refractivity contribution >= 4 is 27.5 Å². The second-order valence-electron chi connectivity index (χ2n) is 3.89. The maximum atomic E-state index is 13.6. The molecule has 3 nitrogen and oxygen atoms in total. The van der Waals surface area contributed by atoms with Gasteiger partial charge in [-0.1, -0.05) is 34.1 Å². The summed E-state index contributed by atoms with van der Waals surface area (Å²) in [5, 5.41) is 11.8. The van der Waals surface area contributed by atoms with Gasteiger partial charge in [-0.2, -0.15) is 0 Å². The highest BCUT2D eigenvalue weighted by Gasteiger charge is 2.13. The maximum absolute atomic E-state index is 13.6. The lowest BCUT2D eigenvalue weighted by Crippen LogP contribution is -2.15. The van der Waals surface area contributed by atoms with Crippen molar-refractivity contribution in [3.63, 3.8) is 0 Å². The Kier molecular flexibility index (Phi) is 4.29. The van der Waals surface area contributed by atoms with E-state index in [1.165, 1.54) is 18.2 Å². The van der Waals surface area contributed by atoms with E-state index >= 15 is 0 Å². The van der Waals surface area contributed by atoms with Crippen LogP contribution in [0.15, 0.2) is 46.9 Å². The summed E-state index contributed by atoms with van der Waals surface area (Å²) in [6.45, 7) is -0.197. The van der Waals surface area contributed by atoms with E-state index in [1.807, 2.05) is 0 Å². The van der Waals surface area contributed by atoms with Gasteiger partial charge in [-0.3, -0.25) is 4.79 Å². The number of carbonyl (C=O) groups is 1. The highest BCUT2D eigenvalue weighted by atomic mass is 79.9. The summed E-state index contributed by atoms with van der Waals surface area (Å²) in [4.78, 5) is 12.0. The van der Waals surface area contributed by atoms with Gasteiger partial charge in [0, 0.05) is 15.7 Å². The predicted octanol–water partition coefficient (Wildman–Crippen LogP) is 3.33. The Hall–Kier alpha value is -1.72. The van der Waals surface area contributed by atoms with Crippen LogP contribution in [0.2, 0.25) is 0 Å². The van der Waals surface area contributed by atoms with Gasteiger partial charge in [0.2, 0.25) is 0 Å². The zero-order valence-electron chi connectivity index (χ0n) is 9.86. The molecule has 0 heterocycles. The normalized spacial score (nSPS) is 10.3. The van der Waals surface area contributed by atoms with E-state index in [0.29, 0.717) is 15.7 Å². The summed E-state index contributed by atoms with van der Waals surface area (Å²) in [6, 6.07) is 11.0. The second-order valence-corrected chi connectivity index (χ2v) is 4.81. The fourth-order valence-electron chi connectivity index (χ4n) is 1.64. The largest absolute Gasteiger partial charge is 0.392 e. The SMILES string of the molecule is O=C(Nc1ccccc1CO)c1cc(Br)ccc1F. The number of halogens is 2. The Morgan fingerprint density at radius 1 is 1.26 bits per heavy atom. The van der Waals surface area contributed by atoms with Crippen LogP contribution >= 0.6 is 15.9 Å². The molecule has 0 aliphatic heterocycles. The fraction of sp³-hybridized carbons (Fsp3) is 0.0714. The zero-order chi connectivity index (χ0) is 13.8. The molecule has 2 aromatic rings. The first-order chi connectivity index (χ1) is 9.11. The molecule has 2 N–H and O–H groups in total. The third-order valence-corrected chi connectivity index (χ3v) is 3.10. The summed E-state index contributed by atoms with van der Waals surface area (Å²) in [7, 11) is 0. The van der Waals surface area contributed by atoms with Crippen molar-refractivity contribution in [2.45, 2.75) is 6.61 Å². The van der Waals surface area contributed by atoms with Crippen LogP contribution in [0.25, 0.3) is 0 Å². The number of rotatable bonds is 3. The summed E-state index contributed by atoms with van der Waals surface area (Å²) in [5.74, 6) is -1.15. The van der Waals surface area contributed by atoms with E-state index in [1.54, 1.807) is 24.3 Å². The molecule has 0 bridgehead atoms. The number of para-hydroxylation sites is 1. The third-order valence-electron chi connectivity index (χ3n) is 2.61. The quantitative estimate of drug-likeness (QED) is 0.910. The van der Waals surface area contributed by atoms with E-state index < -0.39 is 11.7 Å². The minimum Gasteiger partial charge on any atom is -0.392 e. The summed E-state index contributed by atoms with van der Waals surface area (Å²) in [6.07, 6.45) is 0. The van der Waals surface area contributed by atoms with E-state index in [2.05, 4.69) is 21.2 Å². The van der Waals surface area contributed by atoms with Crippen LogP contribution in [0.1, 0.15) is 15.9 Å². The van der Waals surface area contributed by atoms with Crippen molar-refractivity contribution in [1.29, 1.82) is 0 Å². The molecule has 2 rings (SSSR count). The van der Waals surface area contributed by atoms with E-state index in [4.69, 9.17) is 5.11 Å². The number of carbonyl (C=O) groups excluding carboxylic acids is 1. The summed E-state index contributed by atoms with van der Waals surface area (Å²) in [5.41, 5.74) is 0.989. The first kappa shape index (κ1) is 13.7. The van der Waals surface area contributed by atoms with Crippen LogP contribution in [0.4, 0.5) is 10.1 Å². The second kappa shape index (κ2) is 5.95. The molecular weight excluding hydrogens is 313 g/mol. The van der Waals surface area contributed by atoms with Crippen molar-refractivity contribution in [3.05, 3.63) is 63.9 Å². The maximum Gasteiger partial charge on any atom is 0.258 e. The minimum atomic E-state index is -0.595. The predicted molar refractivity (Wildman–Crippen MR) is 74.4 cm³/mol. The Bertz CT molecular complexity index is 616. The molecule has 0 aliphatic rings. The van der Waals surface area contributed by atoms with Crippen molar-refractivity contribution in [2.75, 3.05) is 5.32 Å². The van der Waals surface area contributed by atoms with Gasteiger partial charge >= 0.3 is 0 Å². The Labute approximate surface area is 118 Å². The molecule has 5 heteroatoms. The average molecular weight is 324 g/mol. The first-order valence-electron chi connectivity index (χ1n) is 5.57. The van der Waals surface area contributed by atoms with Crippen molar-refractivity contribution < 1.29 is 14.3 Å². The average Bonchev–Trinajstić information content (AvgIpc) is 2.42. The molecular formula is C14H11BrFNO2. The van der Waals surface area contributed by atoms with Gasteiger partial charge in [0.1, 0.15) is 5.82 Å². The van der Waals surface area contributed by atoms with Crippen molar-refractivity contribution in [1.82, 2.24) is 0 Å². The van der Waals surface area contributed by atoms with Gasteiger partial charge in [-0.25, -0.2) is 4.39 Å². The molecule has 0 aliphatic carbocycles. The molecule has 0 saturated heterocycles. The van der Waals surface area contributed by atoms with Crippen LogP contribution in [0, 0.1) is 5.82 Å². The van der Waals surface area contributed by atoms with E-state index in [0.717, 1.165) is 0 Å². The van der Waals surface area contributed by atoms with Crippen LogP contribution in [0.5, 0.6) is 0 Å². The molecule has 19 heavy (non-hydrogen) atoms.